The highest BCUT2D eigenvalue weighted by molar-refractivity contribution is 14.1. The van der Waals surface area contributed by atoms with Crippen LogP contribution in [0.25, 0.3) is 16.3 Å². The Bertz CT molecular complexity index is 1180. The summed E-state index contributed by atoms with van der Waals surface area (Å²) in [5.74, 6) is 0.181. The summed E-state index contributed by atoms with van der Waals surface area (Å²) in [7, 11) is -3.91. The molecule has 0 saturated carbocycles. The molecule has 1 aliphatic heterocycles. The first-order valence-corrected chi connectivity index (χ1v) is 11.5. The van der Waals surface area contributed by atoms with Gasteiger partial charge in [-0.15, -0.1) is 10.2 Å². The summed E-state index contributed by atoms with van der Waals surface area (Å²) in [5.41, 5.74) is -0.249. The standard InChI is InChI=1S/C14H11ClF2IN5O3S2/c1-14(4-26-5-14)22-28(24,25)6-2-7(15)8-10(18)19-11(23(8)3-6)13-21-20-12(27-13)9(16)17/h2-3,9,22H,4-5H2,1H3. The maximum absolute atomic E-state index is 12.9. The van der Waals surface area contributed by atoms with Crippen LogP contribution >= 0.6 is 45.5 Å². The Morgan fingerprint density at radius 2 is 2.14 bits per heavy atom. The van der Waals surface area contributed by atoms with Crippen LogP contribution in [-0.2, 0) is 14.8 Å². The molecule has 150 valence electrons. The number of hydrogen-bond donors (Lipinski definition) is 1. The van der Waals surface area contributed by atoms with E-state index in [1.807, 2.05) is 22.6 Å². The van der Waals surface area contributed by atoms with Gasteiger partial charge in [-0.1, -0.05) is 22.9 Å². The molecule has 0 radical (unpaired) electrons. The van der Waals surface area contributed by atoms with Crippen LogP contribution < -0.4 is 4.72 Å². The minimum absolute atomic E-state index is 0.0910. The van der Waals surface area contributed by atoms with Gasteiger partial charge in [-0.3, -0.25) is 4.40 Å². The number of halogens is 4. The van der Waals surface area contributed by atoms with Crippen molar-refractivity contribution < 1.29 is 21.9 Å². The predicted molar refractivity (Wildman–Crippen MR) is 106 cm³/mol. The van der Waals surface area contributed by atoms with E-state index in [1.54, 1.807) is 6.92 Å². The fraction of sp³-hybridized carbons (Fsp3) is 0.357. The second-order valence-electron chi connectivity index (χ2n) is 6.37. The number of hydrogen-bond acceptors (Lipinski definition) is 7. The molecule has 4 rings (SSSR count). The number of ether oxygens (including phenoxy) is 1. The van der Waals surface area contributed by atoms with Gasteiger partial charge >= 0.3 is 0 Å². The van der Waals surface area contributed by atoms with Crippen molar-refractivity contribution in [3.63, 3.8) is 0 Å². The molecule has 1 aliphatic rings. The molecule has 0 bridgehead atoms. The van der Waals surface area contributed by atoms with Crippen molar-refractivity contribution in [1.82, 2.24) is 24.3 Å². The van der Waals surface area contributed by atoms with Crippen molar-refractivity contribution in [2.75, 3.05) is 13.2 Å². The first-order chi connectivity index (χ1) is 13.1. The number of aromatic nitrogens is 4. The Labute approximate surface area is 180 Å². The van der Waals surface area contributed by atoms with Gasteiger partial charge in [0.25, 0.3) is 6.43 Å². The molecule has 3 aromatic heterocycles. The molecule has 8 nitrogen and oxygen atoms in total. The Hall–Kier alpha value is -1.00. The van der Waals surface area contributed by atoms with Gasteiger partial charge < -0.3 is 4.74 Å². The second kappa shape index (κ2) is 7.05. The summed E-state index contributed by atoms with van der Waals surface area (Å²) < 4.78 is 60.9. The average Bonchev–Trinajstić information content (AvgIpc) is 3.18. The van der Waals surface area contributed by atoms with Crippen molar-refractivity contribution >= 4 is 61.1 Å². The number of pyridine rings is 1. The van der Waals surface area contributed by atoms with Gasteiger partial charge in [-0.25, -0.2) is 26.9 Å². The molecule has 0 unspecified atom stereocenters. The Kier molecular flexibility index (Phi) is 5.11. The molecule has 1 fully saturated rings. The minimum Gasteiger partial charge on any atom is -0.377 e. The zero-order chi connectivity index (χ0) is 20.3. The van der Waals surface area contributed by atoms with Crippen LogP contribution in [-0.4, -0.2) is 46.8 Å². The second-order valence-corrected chi connectivity index (χ2v) is 10.5. The molecule has 0 amide bonds. The third-order valence-electron chi connectivity index (χ3n) is 3.97. The monoisotopic (exact) mass is 561 g/mol. The van der Waals surface area contributed by atoms with Crippen molar-refractivity contribution in [2.24, 2.45) is 0 Å². The van der Waals surface area contributed by atoms with Crippen LogP contribution in [0.2, 0.25) is 5.02 Å². The van der Waals surface area contributed by atoms with E-state index in [0.29, 0.717) is 20.6 Å². The van der Waals surface area contributed by atoms with E-state index in [4.69, 9.17) is 16.3 Å². The van der Waals surface area contributed by atoms with E-state index >= 15 is 0 Å². The fourth-order valence-corrected chi connectivity index (χ4v) is 6.05. The van der Waals surface area contributed by atoms with E-state index in [-0.39, 0.29) is 34.0 Å². The van der Waals surface area contributed by atoms with Crippen LogP contribution in [0, 0.1) is 3.70 Å². The van der Waals surface area contributed by atoms with Gasteiger partial charge in [0.15, 0.2) is 15.8 Å². The van der Waals surface area contributed by atoms with E-state index in [2.05, 4.69) is 19.9 Å². The molecule has 0 atom stereocenters. The molecule has 1 N–H and O–H groups in total. The Morgan fingerprint density at radius 1 is 1.43 bits per heavy atom. The summed E-state index contributed by atoms with van der Waals surface area (Å²) in [5, 5.41) is 7.04. The lowest BCUT2D eigenvalue weighted by molar-refractivity contribution is -0.0523. The predicted octanol–water partition coefficient (Wildman–Crippen LogP) is 3.12. The van der Waals surface area contributed by atoms with Crippen molar-refractivity contribution in [1.29, 1.82) is 0 Å². The highest BCUT2D eigenvalue weighted by Gasteiger charge is 2.38. The van der Waals surface area contributed by atoms with Crippen LogP contribution in [0.1, 0.15) is 18.4 Å². The molecular weight excluding hydrogens is 551 g/mol. The lowest BCUT2D eigenvalue weighted by Crippen LogP contribution is -2.59. The van der Waals surface area contributed by atoms with Crippen LogP contribution in [0.3, 0.4) is 0 Å². The summed E-state index contributed by atoms with van der Waals surface area (Å²) >= 11 is 8.93. The van der Waals surface area contributed by atoms with Gasteiger partial charge in [-0.05, 0) is 35.6 Å². The molecule has 0 spiro atoms. The number of nitrogens with one attached hydrogen (secondary N) is 1. The molecule has 3 aromatic rings. The molecule has 28 heavy (non-hydrogen) atoms. The largest absolute Gasteiger partial charge is 0.377 e. The highest BCUT2D eigenvalue weighted by Crippen LogP contribution is 2.34. The highest BCUT2D eigenvalue weighted by atomic mass is 127. The maximum Gasteiger partial charge on any atom is 0.291 e. The normalized spacial score (nSPS) is 16.6. The van der Waals surface area contributed by atoms with Crippen LogP contribution in [0.5, 0.6) is 0 Å². The van der Waals surface area contributed by atoms with E-state index in [1.165, 1.54) is 16.7 Å². The van der Waals surface area contributed by atoms with Gasteiger partial charge in [0.1, 0.15) is 8.60 Å². The first-order valence-electron chi connectivity index (χ1n) is 7.70. The molecule has 1 saturated heterocycles. The summed E-state index contributed by atoms with van der Waals surface area (Å²) in [6.07, 6.45) is -1.42. The SMILES string of the molecule is CC1(NS(=O)(=O)c2cc(Cl)c3c(I)nc(-c4nnc(C(F)F)s4)n3c2)COC1. The minimum atomic E-state index is -3.91. The Balaban J connectivity index is 1.84. The van der Waals surface area contributed by atoms with E-state index < -0.39 is 27.0 Å². The number of rotatable bonds is 5. The molecule has 0 aliphatic carbocycles. The summed E-state index contributed by atoms with van der Waals surface area (Å²) in [6.45, 7) is 2.25. The van der Waals surface area contributed by atoms with Crippen molar-refractivity contribution in [3.8, 4) is 10.8 Å². The van der Waals surface area contributed by atoms with E-state index in [0.717, 1.165) is 0 Å². The number of sulfonamides is 1. The Morgan fingerprint density at radius 3 is 2.71 bits per heavy atom. The van der Waals surface area contributed by atoms with Gasteiger partial charge in [0, 0.05) is 6.20 Å². The quantitative estimate of drug-likeness (QED) is 0.481. The maximum atomic E-state index is 12.9. The molecule has 4 heterocycles. The summed E-state index contributed by atoms with van der Waals surface area (Å²) in [6, 6.07) is 1.32. The average molecular weight is 562 g/mol. The lowest BCUT2D eigenvalue weighted by atomic mass is 10.0. The van der Waals surface area contributed by atoms with Gasteiger partial charge in [0.2, 0.25) is 10.0 Å². The zero-order valence-corrected chi connectivity index (χ0v) is 18.5. The fourth-order valence-electron chi connectivity index (χ4n) is 2.66. The van der Waals surface area contributed by atoms with Gasteiger partial charge in [-0.2, -0.15) is 0 Å². The number of nitrogens with zero attached hydrogens (tertiary/aromatic N) is 4. The molecular formula is C14H11ClF2IN5O3S2. The van der Waals surface area contributed by atoms with Crippen molar-refractivity contribution in [3.05, 3.63) is 26.0 Å². The smallest absolute Gasteiger partial charge is 0.291 e. The third-order valence-corrected chi connectivity index (χ3v) is 7.54. The van der Waals surface area contributed by atoms with Crippen LogP contribution in [0.4, 0.5) is 8.78 Å². The topological polar surface area (TPSA) is 98.5 Å². The van der Waals surface area contributed by atoms with Gasteiger partial charge in [0.05, 0.1) is 29.3 Å². The number of imidazole rings is 1. The molecule has 0 aromatic carbocycles. The van der Waals surface area contributed by atoms with Crippen LogP contribution in [0.15, 0.2) is 17.2 Å². The summed E-state index contributed by atoms with van der Waals surface area (Å²) in [4.78, 5) is 4.22. The van der Waals surface area contributed by atoms with Crippen molar-refractivity contribution in [2.45, 2.75) is 23.8 Å². The zero-order valence-electron chi connectivity index (χ0n) is 14.0. The lowest BCUT2D eigenvalue weighted by Gasteiger charge is -2.38. The number of fused-ring (bicyclic) bond motifs is 1. The third kappa shape index (κ3) is 3.52. The number of alkyl halides is 2. The molecule has 14 heteroatoms. The first kappa shape index (κ1) is 20.3. The van der Waals surface area contributed by atoms with E-state index in [9.17, 15) is 17.2 Å².